The summed E-state index contributed by atoms with van der Waals surface area (Å²) in [5.41, 5.74) is 3.76. The molecule has 0 amide bonds. The van der Waals surface area contributed by atoms with Gasteiger partial charge in [0.15, 0.2) is 0 Å². The molecule has 0 fully saturated rings. The van der Waals surface area contributed by atoms with Gasteiger partial charge in [-0.1, -0.05) is 18.2 Å². The van der Waals surface area contributed by atoms with Crippen molar-refractivity contribution in [2.24, 2.45) is 0 Å². The molecule has 0 saturated carbocycles. The molecule has 0 aliphatic carbocycles. The van der Waals surface area contributed by atoms with E-state index < -0.39 is 5.63 Å². The third-order valence-electron chi connectivity index (χ3n) is 5.63. The van der Waals surface area contributed by atoms with Crippen molar-refractivity contribution in [3.8, 4) is 11.5 Å². The summed E-state index contributed by atoms with van der Waals surface area (Å²) in [4.78, 5) is 26.2. The molecule has 2 aromatic carbocycles. The predicted octanol–water partition coefficient (Wildman–Crippen LogP) is 3.96. The monoisotopic (exact) mass is 437 g/mol. The first-order valence-electron chi connectivity index (χ1n) is 10.7. The second-order valence-electron chi connectivity index (χ2n) is 7.85. The van der Waals surface area contributed by atoms with E-state index in [1.54, 1.807) is 14.0 Å². The summed E-state index contributed by atoms with van der Waals surface area (Å²) < 4.78 is 22.3. The average molecular weight is 437 g/mol. The molecule has 4 rings (SSSR count). The van der Waals surface area contributed by atoms with Gasteiger partial charge < -0.3 is 18.6 Å². The average Bonchev–Trinajstić information content (AvgIpc) is 2.78. The van der Waals surface area contributed by atoms with Gasteiger partial charge in [-0.3, -0.25) is 9.69 Å². The highest BCUT2D eigenvalue weighted by molar-refractivity contribution is 5.86. The molecule has 7 nitrogen and oxygen atoms in total. The number of rotatable bonds is 7. The van der Waals surface area contributed by atoms with Crippen molar-refractivity contribution < 1.29 is 23.4 Å². The van der Waals surface area contributed by atoms with Crippen LogP contribution in [-0.4, -0.2) is 31.3 Å². The fraction of sp³-hybridized carbons (Fsp3) is 0.360. The predicted molar refractivity (Wildman–Crippen MR) is 120 cm³/mol. The number of fused-ring (bicyclic) bond motifs is 3. The molecule has 0 saturated heterocycles. The van der Waals surface area contributed by atoms with Crippen molar-refractivity contribution >= 4 is 16.9 Å². The van der Waals surface area contributed by atoms with Crippen LogP contribution in [0.5, 0.6) is 11.5 Å². The van der Waals surface area contributed by atoms with Crippen LogP contribution < -0.4 is 15.1 Å². The molecule has 7 heteroatoms. The van der Waals surface area contributed by atoms with E-state index in [4.69, 9.17) is 18.6 Å². The molecule has 0 atom stereocenters. The van der Waals surface area contributed by atoms with E-state index in [1.807, 2.05) is 37.3 Å². The lowest BCUT2D eigenvalue weighted by atomic mass is 9.97. The van der Waals surface area contributed by atoms with Gasteiger partial charge in [-0.15, -0.1) is 0 Å². The number of nitrogens with zero attached hydrogens (tertiary/aromatic N) is 1. The zero-order valence-corrected chi connectivity index (χ0v) is 18.6. The second kappa shape index (κ2) is 9.44. The summed E-state index contributed by atoms with van der Waals surface area (Å²) in [6.07, 6.45) is 0.748. The molecular formula is C25H27NO6. The van der Waals surface area contributed by atoms with Crippen LogP contribution in [0.15, 0.2) is 45.6 Å². The van der Waals surface area contributed by atoms with Crippen molar-refractivity contribution in [1.29, 1.82) is 0 Å². The van der Waals surface area contributed by atoms with Gasteiger partial charge in [0, 0.05) is 36.5 Å². The molecule has 0 N–H and O–H groups in total. The standard InChI is InChI=1S/C25H27NO6/c1-4-30-22(27)10-9-17-12-19-16(2)11-23(28)32-25(19)20-14-26(15-31-24(17)20)13-18-7-5-6-8-21(18)29-3/h5-8,11-12H,4,9-10,13-15H2,1-3H3. The van der Waals surface area contributed by atoms with Crippen molar-refractivity contribution in [1.82, 2.24) is 4.90 Å². The van der Waals surface area contributed by atoms with Gasteiger partial charge in [-0.05, 0) is 43.5 Å². The number of para-hydroxylation sites is 1. The summed E-state index contributed by atoms with van der Waals surface area (Å²) in [6.45, 7) is 5.57. The molecular weight excluding hydrogens is 410 g/mol. The molecule has 2 heterocycles. The van der Waals surface area contributed by atoms with E-state index >= 15 is 0 Å². The molecule has 1 aromatic heterocycles. The van der Waals surface area contributed by atoms with Gasteiger partial charge in [0.05, 0.1) is 19.3 Å². The highest BCUT2D eigenvalue weighted by Crippen LogP contribution is 2.38. The summed E-state index contributed by atoms with van der Waals surface area (Å²) in [7, 11) is 1.65. The minimum absolute atomic E-state index is 0.244. The SMILES string of the molecule is CCOC(=O)CCc1cc2c(C)cc(=O)oc2c2c1OCN(Cc1ccccc1OC)C2. The summed E-state index contributed by atoms with van der Waals surface area (Å²) in [5, 5.41) is 0.852. The largest absolute Gasteiger partial charge is 0.496 e. The Labute approximate surface area is 186 Å². The zero-order valence-electron chi connectivity index (χ0n) is 18.6. The van der Waals surface area contributed by atoms with Gasteiger partial charge in [-0.2, -0.15) is 0 Å². The summed E-state index contributed by atoms with van der Waals surface area (Å²) in [6, 6.07) is 11.3. The van der Waals surface area contributed by atoms with Gasteiger partial charge in [0.2, 0.25) is 0 Å². The summed E-state index contributed by atoms with van der Waals surface area (Å²) >= 11 is 0. The first-order valence-corrected chi connectivity index (χ1v) is 10.7. The molecule has 1 aliphatic heterocycles. The van der Waals surface area contributed by atoms with E-state index in [0.29, 0.717) is 44.2 Å². The van der Waals surface area contributed by atoms with Gasteiger partial charge in [-0.25, -0.2) is 4.79 Å². The third kappa shape index (κ3) is 4.48. The quantitative estimate of drug-likeness (QED) is 0.409. The lowest BCUT2D eigenvalue weighted by Gasteiger charge is -2.31. The van der Waals surface area contributed by atoms with E-state index in [0.717, 1.165) is 33.4 Å². The number of methoxy groups -OCH3 is 1. The van der Waals surface area contributed by atoms with E-state index in [1.165, 1.54) is 6.07 Å². The summed E-state index contributed by atoms with van der Waals surface area (Å²) in [5.74, 6) is 1.26. The molecule has 0 bridgehead atoms. The Morgan fingerprint density at radius 3 is 2.78 bits per heavy atom. The Morgan fingerprint density at radius 2 is 2.00 bits per heavy atom. The molecule has 0 spiro atoms. The molecule has 0 radical (unpaired) electrons. The number of carbonyl (C=O) groups is 1. The molecule has 3 aromatic rings. The van der Waals surface area contributed by atoms with Crippen LogP contribution in [0.4, 0.5) is 0 Å². The lowest BCUT2D eigenvalue weighted by molar-refractivity contribution is -0.143. The van der Waals surface area contributed by atoms with Crippen LogP contribution in [0.3, 0.4) is 0 Å². The second-order valence-corrected chi connectivity index (χ2v) is 7.85. The number of carbonyl (C=O) groups excluding carboxylic acids is 1. The fourth-order valence-electron chi connectivity index (χ4n) is 4.14. The molecule has 1 aliphatic rings. The van der Waals surface area contributed by atoms with Crippen molar-refractivity contribution in [2.45, 2.75) is 39.8 Å². The van der Waals surface area contributed by atoms with Crippen LogP contribution in [0.25, 0.3) is 11.0 Å². The maximum atomic E-state index is 12.1. The molecule has 32 heavy (non-hydrogen) atoms. The van der Waals surface area contributed by atoms with Crippen LogP contribution in [0, 0.1) is 6.92 Å². The van der Waals surface area contributed by atoms with Crippen LogP contribution in [0.1, 0.15) is 35.6 Å². The van der Waals surface area contributed by atoms with Gasteiger partial charge >= 0.3 is 11.6 Å². The number of ether oxygens (including phenoxy) is 3. The fourth-order valence-corrected chi connectivity index (χ4v) is 4.14. The number of hydrogen-bond acceptors (Lipinski definition) is 7. The van der Waals surface area contributed by atoms with Gasteiger partial charge in [0.25, 0.3) is 0 Å². The minimum Gasteiger partial charge on any atom is -0.496 e. The Bertz CT molecular complexity index is 1200. The van der Waals surface area contributed by atoms with Crippen molar-refractivity contribution in [2.75, 3.05) is 20.4 Å². The zero-order chi connectivity index (χ0) is 22.7. The van der Waals surface area contributed by atoms with E-state index in [9.17, 15) is 9.59 Å². The Hall–Kier alpha value is -3.32. The van der Waals surface area contributed by atoms with Crippen LogP contribution >= 0.6 is 0 Å². The number of esters is 1. The highest BCUT2D eigenvalue weighted by atomic mass is 16.5. The van der Waals surface area contributed by atoms with Gasteiger partial charge in [0.1, 0.15) is 23.8 Å². The van der Waals surface area contributed by atoms with Crippen molar-refractivity contribution in [3.63, 3.8) is 0 Å². The van der Waals surface area contributed by atoms with E-state index in [2.05, 4.69) is 4.90 Å². The first kappa shape index (κ1) is 21.9. The van der Waals surface area contributed by atoms with E-state index in [-0.39, 0.29) is 12.4 Å². The van der Waals surface area contributed by atoms with Crippen LogP contribution in [-0.2, 0) is 29.0 Å². The smallest absolute Gasteiger partial charge is 0.336 e. The minimum atomic E-state index is -0.390. The topological polar surface area (TPSA) is 78.2 Å². The van der Waals surface area contributed by atoms with Crippen LogP contribution in [0.2, 0.25) is 0 Å². The molecule has 168 valence electrons. The third-order valence-corrected chi connectivity index (χ3v) is 5.63. The number of benzene rings is 2. The Balaban J connectivity index is 1.71. The maximum absolute atomic E-state index is 12.1. The Kier molecular flexibility index (Phi) is 6.46. The number of aryl methyl sites for hydroxylation is 2. The normalized spacial score (nSPS) is 13.5. The lowest BCUT2D eigenvalue weighted by Crippen LogP contribution is -2.32. The first-order chi connectivity index (χ1) is 15.5. The number of hydrogen-bond donors (Lipinski definition) is 0. The Morgan fingerprint density at radius 1 is 1.19 bits per heavy atom. The van der Waals surface area contributed by atoms with Crippen molar-refractivity contribution in [3.05, 3.63) is 69.1 Å². The highest BCUT2D eigenvalue weighted by Gasteiger charge is 2.26. The molecule has 0 unspecified atom stereocenters. The maximum Gasteiger partial charge on any atom is 0.336 e.